The van der Waals surface area contributed by atoms with Crippen molar-refractivity contribution in [2.24, 2.45) is 5.92 Å². The SMILES string of the molecule is CC(C(=O)Nc1ccc(NC(=O)C2CC2)cc1)n1cnc2ccccc21. The first-order chi connectivity index (χ1) is 12.6. The first-order valence-corrected chi connectivity index (χ1v) is 8.75. The molecule has 1 aromatic heterocycles. The summed E-state index contributed by atoms with van der Waals surface area (Å²) < 4.78 is 1.86. The van der Waals surface area contributed by atoms with Crippen LogP contribution in [0.4, 0.5) is 11.4 Å². The number of benzene rings is 2. The molecule has 26 heavy (non-hydrogen) atoms. The van der Waals surface area contributed by atoms with E-state index in [4.69, 9.17) is 0 Å². The molecule has 0 radical (unpaired) electrons. The molecule has 1 saturated carbocycles. The smallest absolute Gasteiger partial charge is 0.247 e. The molecule has 6 nitrogen and oxygen atoms in total. The van der Waals surface area contributed by atoms with Crippen LogP contribution in [0.25, 0.3) is 11.0 Å². The van der Waals surface area contributed by atoms with Crippen molar-refractivity contribution >= 4 is 34.2 Å². The lowest BCUT2D eigenvalue weighted by Crippen LogP contribution is -2.23. The van der Waals surface area contributed by atoms with E-state index in [0.717, 1.165) is 29.6 Å². The molecule has 6 heteroatoms. The van der Waals surface area contributed by atoms with E-state index in [1.807, 2.05) is 35.8 Å². The Morgan fingerprint density at radius 3 is 2.38 bits per heavy atom. The maximum atomic E-state index is 12.6. The van der Waals surface area contributed by atoms with E-state index in [9.17, 15) is 9.59 Å². The van der Waals surface area contributed by atoms with E-state index < -0.39 is 6.04 Å². The number of carbonyl (C=O) groups is 2. The first kappa shape index (κ1) is 16.3. The van der Waals surface area contributed by atoms with Crippen LogP contribution in [0.15, 0.2) is 54.9 Å². The van der Waals surface area contributed by atoms with Gasteiger partial charge >= 0.3 is 0 Å². The van der Waals surface area contributed by atoms with Crippen LogP contribution in [-0.2, 0) is 9.59 Å². The Hall–Kier alpha value is -3.15. The number of fused-ring (bicyclic) bond motifs is 1. The molecule has 1 atom stereocenters. The molecular formula is C20H20N4O2. The van der Waals surface area contributed by atoms with Crippen LogP contribution in [0.1, 0.15) is 25.8 Å². The number of nitrogens with one attached hydrogen (secondary N) is 2. The number of amides is 2. The molecule has 0 saturated heterocycles. The van der Waals surface area contributed by atoms with E-state index in [1.54, 1.807) is 30.6 Å². The third-order valence-corrected chi connectivity index (χ3v) is 4.65. The third kappa shape index (κ3) is 3.31. The summed E-state index contributed by atoms with van der Waals surface area (Å²) in [6.07, 6.45) is 3.63. The van der Waals surface area contributed by atoms with E-state index in [-0.39, 0.29) is 17.7 Å². The molecule has 4 rings (SSSR count). The number of anilines is 2. The van der Waals surface area contributed by atoms with Crippen LogP contribution in [0.3, 0.4) is 0 Å². The van der Waals surface area contributed by atoms with Crippen molar-refractivity contribution in [1.82, 2.24) is 9.55 Å². The van der Waals surface area contributed by atoms with E-state index in [1.165, 1.54) is 0 Å². The molecule has 1 unspecified atom stereocenters. The molecule has 1 aliphatic rings. The van der Waals surface area contributed by atoms with Crippen molar-refractivity contribution in [3.63, 3.8) is 0 Å². The Labute approximate surface area is 151 Å². The van der Waals surface area contributed by atoms with Gasteiger partial charge in [0.15, 0.2) is 0 Å². The van der Waals surface area contributed by atoms with Gasteiger partial charge in [-0.1, -0.05) is 12.1 Å². The van der Waals surface area contributed by atoms with Gasteiger partial charge in [-0.25, -0.2) is 4.98 Å². The molecule has 0 spiro atoms. The first-order valence-electron chi connectivity index (χ1n) is 8.75. The fourth-order valence-electron chi connectivity index (χ4n) is 2.89. The summed E-state index contributed by atoms with van der Waals surface area (Å²) in [6.45, 7) is 1.84. The average molecular weight is 348 g/mol. The van der Waals surface area contributed by atoms with Crippen LogP contribution in [0.5, 0.6) is 0 Å². The second-order valence-corrected chi connectivity index (χ2v) is 6.65. The normalized spacial score (nSPS) is 14.8. The Morgan fingerprint density at radius 2 is 1.69 bits per heavy atom. The highest BCUT2D eigenvalue weighted by Crippen LogP contribution is 2.30. The van der Waals surface area contributed by atoms with E-state index in [2.05, 4.69) is 15.6 Å². The van der Waals surface area contributed by atoms with Gasteiger partial charge in [-0.15, -0.1) is 0 Å². The van der Waals surface area contributed by atoms with Gasteiger partial charge in [-0.05, 0) is 56.2 Å². The molecule has 1 heterocycles. The summed E-state index contributed by atoms with van der Waals surface area (Å²) in [5, 5.41) is 5.80. The van der Waals surface area contributed by atoms with Crippen LogP contribution >= 0.6 is 0 Å². The molecule has 2 N–H and O–H groups in total. The maximum Gasteiger partial charge on any atom is 0.247 e. The molecule has 132 valence electrons. The highest BCUT2D eigenvalue weighted by atomic mass is 16.2. The lowest BCUT2D eigenvalue weighted by atomic mass is 10.2. The topological polar surface area (TPSA) is 76.0 Å². The second kappa shape index (κ2) is 6.63. The summed E-state index contributed by atoms with van der Waals surface area (Å²) in [5.41, 5.74) is 3.22. The Morgan fingerprint density at radius 1 is 1.04 bits per heavy atom. The minimum absolute atomic E-state index is 0.0717. The molecular weight excluding hydrogens is 328 g/mol. The zero-order valence-electron chi connectivity index (χ0n) is 14.5. The lowest BCUT2D eigenvalue weighted by molar-refractivity contribution is -0.119. The summed E-state index contributed by atoms with van der Waals surface area (Å²) in [7, 11) is 0. The third-order valence-electron chi connectivity index (χ3n) is 4.65. The highest BCUT2D eigenvalue weighted by molar-refractivity contribution is 5.96. The van der Waals surface area contributed by atoms with Gasteiger partial charge in [0.25, 0.3) is 0 Å². The van der Waals surface area contributed by atoms with Crippen molar-refractivity contribution in [1.29, 1.82) is 0 Å². The van der Waals surface area contributed by atoms with Crippen LogP contribution in [0, 0.1) is 5.92 Å². The number of rotatable bonds is 5. The number of hydrogen-bond donors (Lipinski definition) is 2. The predicted octanol–water partition coefficient (Wildman–Crippen LogP) is 3.58. The van der Waals surface area contributed by atoms with Gasteiger partial charge in [-0.3, -0.25) is 9.59 Å². The van der Waals surface area contributed by atoms with Gasteiger partial charge in [0.2, 0.25) is 11.8 Å². The fraction of sp³-hybridized carbons (Fsp3) is 0.250. The summed E-state index contributed by atoms with van der Waals surface area (Å²) in [4.78, 5) is 28.7. The fourth-order valence-corrected chi connectivity index (χ4v) is 2.89. The summed E-state index contributed by atoms with van der Waals surface area (Å²) >= 11 is 0. The monoisotopic (exact) mass is 348 g/mol. The molecule has 0 bridgehead atoms. The standard InChI is InChI=1S/C20H20N4O2/c1-13(24-12-21-17-4-2-3-5-18(17)24)19(25)22-15-8-10-16(11-9-15)23-20(26)14-6-7-14/h2-5,8-14H,6-7H2,1H3,(H,22,25)(H,23,26). The minimum Gasteiger partial charge on any atom is -0.326 e. The maximum absolute atomic E-state index is 12.6. The van der Waals surface area contributed by atoms with E-state index >= 15 is 0 Å². The quantitative estimate of drug-likeness (QED) is 0.740. The zero-order chi connectivity index (χ0) is 18.1. The average Bonchev–Trinajstić information content (AvgIpc) is 3.42. The largest absolute Gasteiger partial charge is 0.326 e. The predicted molar refractivity (Wildman–Crippen MR) is 101 cm³/mol. The van der Waals surface area contributed by atoms with Crippen LogP contribution < -0.4 is 10.6 Å². The van der Waals surface area contributed by atoms with Gasteiger partial charge < -0.3 is 15.2 Å². The van der Waals surface area contributed by atoms with Crippen LogP contribution in [0.2, 0.25) is 0 Å². The van der Waals surface area contributed by atoms with Crippen molar-refractivity contribution < 1.29 is 9.59 Å². The number of nitrogens with zero attached hydrogens (tertiary/aromatic N) is 2. The molecule has 2 amide bonds. The summed E-state index contributed by atoms with van der Waals surface area (Å²) in [5.74, 6) is 0.116. The minimum atomic E-state index is -0.392. The van der Waals surface area contributed by atoms with Gasteiger partial charge in [0.05, 0.1) is 17.4 Å². The number of aromatic nitrogens is 2. The molecule has 2 aromatic carbocycles. The Bertz CT molecular complexity index is 957. The van der Waals surface area contributed by atoms with Crippen molar-refractivity contribution in [2.45, 2.75) is 25.8 Å². The highest BCUT2D eigenvalue weighted by Gasteiger charge is 2.29. The second-order valence-electron chi connectivity index (χ2n) is 6.65. The lowest BCUT2D eigenvalue weighted by Gasteiger charge is -2.15. The number of hydrogen-bond acceptors (Lipinski definition) is 3. The number of imidazole rings is 1. The molecule has 3 aromatic rings. The van der Waals surface area contributed by atoms with E-state index in [0.29, 0.717) is 5.69 Å². The molecule has 1 fully saturated rings. The zero-order valence-corrected chi connectivity index (χ0v) is 14.5. The van der Waals surface area contributed by atoms with Gasteiger partial charge in [-0.2, -0.15) is 0 Å². The molecule has 0 aliphatic heterocycles. The van der Waals surface area contributed by atoms with Gasteiger partial charge in [0, 0.05) is 17.3 Å². The van der Waals surface area contributed by atoms with Gasteiger partial charge in [0.1, 0.15) is 6.04 Å². The Kier molecular flexibility index (Phi) is 4.16. The van der Waals surface area contributed by atoms with Crippen molar-refractivity contribution in [3.8, 4) is 0 Å². The van der Waals surface area contributed by atoms with Crippen molar-refractivity contribution in [3.05, 3.63) is 54.9 Å². The number of para-hydroxylation sites is 2. The Balaban J connectivity index is 1.43. The summed E-state index contributed by atoms with van der Waals surface area (Å²) in [6, 6.07) is 14.5. The molecule has 1 aliphatic carbocycles. The van der Waals surface area contributed by atoms with Crippen molar-refractivity contribution in [2.75, 3.05) is 10.6 Å². The number of carbonyl (C=O) groups excluding carboxylic acids is 2. The van der Waals surface area contributed by atoms with Crippen LogP contribution in [-0.4, -0.2) is 21.4 Å².